The van der Waals surface area contributed by atoms with Crippen molar-refractivity contribution in [3.05, 3.63) is 20.8 Å². The molecule has 0 radical (unpaired) electrons. The minimum atomic E-state index is -0.728. The van der Waals surface area contributed by atoms with Gasteiger partial charge in [0, 0.05) is 21.5 Å². The smallest absolute Gasteiger partial charge is 0.0902 e. The maximum atomic E-state index is 10.5. The second-order valence-electron chi connectivity index (χ2n) is 4.76. The number of halogens is 1. The second-order valence-corrected chi connectivity index (χ2v) is 6.36. The number of rotatable bonds is 3. The normalized spacial score (nSPS) is 25.3. The number of nitrogens with one attached hydrogen (secondary N) is 1. The molecule has 0 amide bonds. The molecule has 2 N–H and O–H groups in total. The molecule has 0 bridgehead atoms. The van der Waals surface area contributed by atoms with Crippen molar-refractivity contribution in [1.82, 2.24) is 5.32 Å². The standard InChI is InChI=1S/C12H18BrNOS/c1-12(15,10-7-16-8-11(10)13)6-9-4-2-3-5-14-9/h7-9,14-15H,2-6H2,1H3. The zero-order chi connectivity index (χ0) is 11.6. The number of piperidine rings is 1. The van der Waals surface area contributed by atoms with E-state index in [-0.39, 0.29) is 0 Å². The minimum absolute atomic E-state index is 0.454. The van der Waals surface area contributed by atoms with Crippen LogP contribution in [0.15, 0.2) is 15.2 Å². The molecular weight excluding hydrogens is 286 g/mol. The Kier molecular flexibility index (Phi) is 4.06. The molecule has 2 atom stereocenters. The summed E-state index contributed by atoms with van der Waals surface area (Å²) >= 11 is 5.12. The Hall–Kier alpha value is 0.100. The lowest BCUT2D eigenvalue weighted by molar-refractivity contribution is 0.0330. The number of aliphatic hydroxyl groups is 1. The largest absolute Gasteiger partial charge is 0.385 e. The van der Waals surface area contributed by atoms with Gasteiger partial charge in [0.1, 0.15) is 0 Å². The molecule has 1 aliphatic heterocycles. The van der Waals surface area contributed by atoms with Gasteiger partial charge in [0.2, 0.25) is 0 Å². The van der Waals surface area contributed by atoms with E-state index in [9.17, 15) is 5.11 Å². The van der Waals surface area contributed by atoms with Gasteiger partial charge in [-0.15, -0.1) is 0 Å². The highest BCUT2D eigenvalue weighted by molar-refractivity contribution is 9.10. The summed E-state index contributed by atoms with van der Waals surface area (Å²) < 4.78 is 1.03. The Bertz CT molecular complexity index is 345. The van der Waals surface area contributed by atoms with Crippen molar-refractivity contribution >= 4 is 27.3 Å². The fraction of sp³-hybridized carbons (Fsp3) is 0.667. The Morgan fingerprint density at radius 2 is 2.38 bits per heavy atom. The summed E-state index contributed by atoms with van der Waals surface area (Å²) in [6, 6.07) is 0.454. The molecule has 2 rings (SSSR count). The van der Waals surface area contributed by atoms with Crippen LogP contribution in [0, 0.1) is 0 Å². The molecule has 16 heavy (non-hydrogen) atoms. The van der Waals surface area contributed by atoms with Crippen LogP contribution in [-0.4, -0.2) is 17.7 Å². The van der Waals surface area contributed by atoms with Gasteiger partial charge in [-0.3, -0.25) is 0 Å². The highest BCUT2D eigenvalue weighted by atomic mass is 79.9. The minimum Gasteiger partial charge on any atom is -0.385 e. The molecule has 2 nitrogen and oxygen atoms in total. The lowest BCUT2D eigenvalue weighted by atomic mass is 9.88. The van der Waals surface area contributed by atoms with Crippen molar-refractivity contribution in [1.29, 1.82) is 0 Å². The first-order valence-corrected chi connectivity index (χ1v) is 7.51. The summed E-state index contributed by atoms with van der Waals surface area (Å²) in [5, 5.41) is 18.1. The summed E-state index contributed by atoms with van der Waals surface area (Å²) in [4.78, 5) is 0. The van der Waals surface area contributed by atoms with Crippen LogP contribution in [0.5, 0.6) is 0 Å². The molecule has 0 saturated carbocycles. The van der Waals surface area contributed by atoms with Crippen LogP contribution < -0.4 is 5.32 Å². The third-order valence-corrected chi connectivity index (χ3v) is 4.95. The molecule has 1 aromatic rings. The van der Waals surface area contributed by atoms with Crippen molar-refractivity contribution in [2.24, 2.45) is 0 Å². The fourth-order valence-electron chi connectivity index (χ4n) is 2.35. The van der Waals surface area contributed by atoms with E-state index in [1.165, 1.54) is 19.3 Å². The second kappa shape index (κ2) is 5.17. The van der Waals surface area contributed by atoms with Crippen LogP contribution in [0.25, 0.3) is 0 Å². The predicted octanol–water partition coefficient (Wildman–Crippen LogP) is 3.25. The Balaban J connectivity index is 2.04. The highest BCUT2D eigenvalue weighted by Gasteiger charge is 2.30. The Morgan fingerprint density at radius 1 is 1.56 bits per heavy atom. The van der Waals surface area contributed by atoms with E-state index in [2.05, 4.69) is 21.2 Å². The van der Waals surface area contributed by atoms with Crippen molar-refractivity contribution in [2.75, 3.05) is 6.54 Å². The first-order valence-electron chi connectivity index (χ1n) is 5.77. The van der Waals surface area contributed by atoms with E-state index in [1.807, 2.05) is 17.7 Å². The van der Waals surface area contributed by atoms with Crippen LogP contribution >= 0.6 is 27.3 Å². The highest BCUT2D eigenvalue weighted by Crippen LogP contribution is 2.35. The molecule has 90 valence electrons. The molecule has 4 heteroatoms. The number of thiophene rings is 1. The summed E-state index contributed by atoms with van der Waals surface area (Å²) in [6.45, 7) is 3.00. The Morgan fingerprint density at radius 3 is 2.94 bits per heavy atom. The van der Waals surface area contributed by atoms with Gasteiger partial charge < -0.3 is 10.4 Å². The lowest BCUT2D eigenvalue weighted by Gasteiger charge is -2.31. The molecule has 1 aliphatic rings. The van der Waals surface area contributed by atoms with Gasteiger partial charge in [-0.1, -0.05) is 6.42 Å². The van der Waals surface area contributed by atoms with E-state index >= 15 is 0 Å². The van der Waals surface area contributed by atoms with Gasteiger partial charge in [-0.2, -0.15) is 11.3 Å². The van der Waals surface area contributed by atoms with E-state index in [4.69, 9.17) is 0 Å². The molecule has 1 aromatic heterocycles. The number of hydrogen-bond acceptors (Lipinski definition) is 3. The van der Waals surface area contributed by atoms with Gasteiger partial charge in [-0.05, 0) is 54.0 Å². The molecule has 1 fully saturated rings. The molecule has 0 aliphatic carbocycles. The van der Waals surface area contributed by atoms with E-state index in [0.717, 1.165) is 23.0 Å². The monoisotopic (exact) mass is 303 g/mol. The van der Waals surface area contributed by atoms with Gasteiger partial charge in [0.15, 0.2) is 0 Å². The van der Waals surface area contributed by atoms with Crippen molar-refractivity contribution < 1.29 is 5.11 Å². The van der Waals surface area contributed by atoms with Crippen LogP contribution in [0.4, 0.5) is 0 Å². The Labute approximate surface area is 109 Å². The zero-order valence-electron chi connectivity index (χ0n) is 9.50. The van der Waals surface area contributed by atoms with Crippen molar-refractivity contribution in [3.8, 4) is 0 Å². The van der Waals surface area contributed by atoms with E-state index in [0.29, 0.717) is 6.04 Å². The van der Waals surface area contributed by atoms with E-state index < -0.39 is 5.60 Å². The van der Waals surface area contributed by atoms with Crippen LogP contribution in [0.2, 0.25) is 0 Å². The van der Waals surface area contributed by atoms with Gasteiger partial charge >= 0.3 is 0 Å². The first kappa shape index (κ1) is 12.6. The maximum Gasteiger partial charge on any atom is 0.0902 e. The quantitative estimate of drug-likeness (QED) is 0.898. The van der Waals surface area contributed by atoms with Gasteiger partial charge in [0.25, 0.3) is 0 Å². The molecular formula is C12H18BrNOS. The van der Waals surface area contributed by atoms with Crippen LogP contribution in [-0.2, 0) is 5.60 Å². The van der Waals surface area contributed by atoms with Gasteiger partial charge in [-0.25, -0.2) is 0 Å². The van der Waals surface area contributed by atoms with E-state index in [1.54, 1.807) is 11.3 Å². The SMILES string of the molecule is CC(O)(CC1CCCCN1)c1cscc1Br. The topological polar surface area (TPSA) is 32.3 Å². The molecule has 0 spiro atoms. The average Bonchev–Trinajstić information content (AvgIpc) is 2.66. The summed E-state index contributed by atoms with van der Waals surface area (Å²) in [6.07, 6.45) is 4.51. The zero-order valence-corrected chi connectivity index (χ0v) is 11.9. The summed E-state index contributed by atoms with van der Waals surface area (Å²) in [5.41, 5.74) is 0.290. The average molecular weight is 304 g/mol. The molecule has 2 heterocycles. The summed E-state index contributed by atoms with van der Waals surface area (Å²) in [7, 11) is 0. The predicted molar refractivity (Wildman–Crippen MR) is 71.8 cm³/mol. The maximum absolute atomic E-state index is 10.5. The fourth-order valence-corrected chi connectivity index (χ4v) is 4.20. The third kappa shape index (κ3) is 2.86. The van der Waals surface area contributed by atoms with Crippen LogP contribution in [0.1, 0.15) is 38.2 Å². The first-order chi connectivity index (χ1) is 7.59. The van der Waals surface area contributed by atoms with Crippen molar-refractivity contribution in [2.45, 2.75) is 44.2 Å². The van der Waals surface area contributed by atoms with Crippen LogP contribution in [0.3, 0.4) is 0 Å². The third-order valence-electron chi connectivity index (χ3n) is 3.25. The lowest BCUT2D eigenvalue weighted by Crippen LogP contribution is -2.39. The van der Waals surface area contributed by atoms with Gasteiger partial charge in [0.05, 0.1) is 5.60 Å². The van der Waals surface area contributed by atoms with Crippen molar-refractivity contribution in [3.63, 3.8) is 0 Å². The molecule has 1 saturated heterocycles. The summed E-state index contributed by atoms with van der Waals surface area (Å²) in [5.74, 6) is 0. The molecule has 2 unspecified atom stereocenters. The number of hydrogen-bond donors (Lipinski definition) is 2. The molecule has 0 aromatic carbocycles.